The number of hydrogen-bond acceptors (Lipinski definition) is 4. The summed E-state index contributed by atoms with van der Waals surface area (Å²) in [5, 5.41) is 3.60. The van der Waals surface area contributed by atoms with Crippen LogP contribution in [-0.2, 0) is 11.3 Å². The van der Waals surface area contributed by atoms with Crippen LogP contribution in [0.25, 0.3) is 16.7 Å². The number of carbonyl (C=O) groups is 1. The summed E-state index contributed by atoms with van der Waals surface area (Å²) in [5.41, 5.74) is 7.74. The Morgan fingerprint density at radius 2 is 1.72 bits per heavy atom. The molecule has 0 aliphatic carbocycles. The second-order valence-corrected chi connectivity index (χ2v) is 8.83. The lowest BCUT2D eigenvalue weighted by Gasteiger charge is -2.33. The van der Waals surface area contributed by atoms with Gasteiger partial charge < -0.3 is 14.8 Å². The zero-order chi connectivity index (χ0) is 22.9. The van der Waals surface area contributed by atoms with Crippen LogP contribution in [0.5, 0.6) is 5.75 Å². The molecule has 0 atom stereocenters. The molecule has 0 aromatic heterocycles. The van der Waals surface area contributed by atoms with Gasteiger partial charge in [0.2, 0.25) is 0 Å². The third kappa shape index (κ3) is 4.26. The van der Waals surface area contributed by atoms with Crippen LogP contribution >= 0.6 is 0 Å². The number of methoxy groups -OCH3 is 1. The fourth-order valence-corrected chi connectivity index (χ4v) is 4.43. The first-order chi connectivity index (χ1) is 15.3. The molecule has 0 spiro atoms. The minimum absolute atomic E-state index is 0.155. The molecule has 3 aromatic rings. The van der Waals surface area contributed by atoms with E-state index in [0.717, 1.165) is 44.8 Å². The molecule has 4 rings (SSSR count). The highest BCUT2D eigenvalue weighted by Crippen LogP contribution is 2.42. The van der Waals surface area contributed by atoms with Crippen molar-refractivity contribution in [3.8, 4) is 16.9 Å². The summed E-state index contributed by atoms with van der Waals surface area (Å²) >= 11 is 0. The molecule has 3 aromatic carbocycles. The van der Waals surface area contributed by atoms with Gasteiger partial charge in [-0.25, -0.2) is 4.79 Å². The van der Waals surface area contributed by atoms with Crippen molar-refractivity contribution in [2.24, 2.45) is 0 Å². The largest absolute Gasteiger partial charge is 0.496 e. The Morgan fingerprint density at radius 3 is 2.44 bits per heavy atom. The molecular formula is C28H29NO3. The molecule has 1 aliphatic rings. The first kappa shape index (κ1) is 21.7. The lowest BCUT2D eigenvalue weighted by molar-refractivity contribution is 0.0473. The van der Waals surface area contributed by atoms with Crippen LogP contribution < -0.4 is 10.1 Å². The van der Waals surface area contributed by atoms with Crippen LogP contribution in [0, 0.1) is 6.92 Å². The number of nitrogens with one attached hydrogen (secondary N) is 1. The summed E-state index contributed by atoms with van der Waals surface area (Å²) in [6.45, 7) is 8.63. The molecule has 1 N–H and O–H groups in total. The number of benzene rings is 3. The van der Waals surface area contributed by atoms with Crippen LogP contribution in [0.3, 0.4) is 0 Å². The van der Waals surface area contributed by atoms with E-state index in [1.165, 1.54) is 0 Å². The molecular weight excluding hydrogens is 398 g/mol. The highest BCUT2D eigenvalue weighted by Gasteiger charge is 2.27. The number of anilines is 1. The van der Waals surface area contributed by atoms with Crippen LogP contribution in [0.15, 0.2) is 66.7 Å². The van der Waals surface area contributed by atoms with Gasteiger partial charge in [0.05, 0.1) is 18.2 Å². The molecule has 0 amide bonds. The zero-order valence-corrected chi connectivity index (χ0v) is 19.3. The number of fused-ring (bicyclic) bond motifs is 1. The van der Waals surface area contributed by atoms with Crippen molar-refractivity contribution in [3.63, 3.8) is 0 Å². The summed E-state index contributed by atoms with van der Waals surface area (Å²) in [6, 6.07) is 19.4. The van der Waals surface area contributed by atoms with Gasteiger partial charge in [-0.05, 0) is 69.2 Å². The molecule has 0 fully saturated rings. The van der Waals surface area contributed by atoms with Crippen molar-refractivity contribution in [2.75, 3.05) is 12.4 Å². The van der Waals surface area contributed by atoms with E-state index < -0.39 is 0 Å². The predicted octanol–water partition coefficient (Wildman–Crippen LogP) is 6.64. The number of ether oxygens (including phenoxy) is 2. The molecule has 0 bridgehead atoms. The van der Waals surface area contributed by atoms with Gasteiger partial charge >= 0.3 is 5.97 Å². The number of carbonyl (C=O) groups excluding carboxylic acids is 1. The average Bonchev–Trinajstić information content (AvgIpc) is 2.76. The Bertz CT molecular complexity index is 1190. The molecule has 0 radical (unpaired) electrons. The van der Waals surface area contributed by atoms with E-state index >= 15 is 0 Å². The van der Waals surface area contributed by atoms with E-state index in [-0.39, 0.29) is 18.1 Å². The summed E-state index contributed by atoms with van der Waals surface area (Å²) in [5.74, 6) is 0.452. The fraction of sp³-hybridized carbons (Fsp3) is 0.250. The van der Waals surface area contributed by atoms with Gasteiger partial charge in [0.25, 0.3) is 0 Å². The van der Waals surface area contributed by atoms with Gasteiger partial charge in [0, 0.05) is 22.4 Å². The lowest BCUT2D eigenvalue weighted by atomic mass is 9.85. The maximum absolute atomic E-state index is 12.7. The Hall–Kier alpha value is -3.53. The maximum Gasteiger partial charge on any atom is 0.338 e. The SMILES string of the molecule is COc1ccc(C)cc1-c1ccc2c(c1COC(=O)c1ccccc1)C(C)=CC(C)(C)N2. The van der Waals surface area contributed by atoms with E-state index in [0.29, 0.717) is 5.56 Å². The quantitative estimate of drug-likeness (QED) is 0.464. The first-order valence-electron chi connectivity index (χ1n) is 10.8. The molecule has 4 nitrogen and oxygen atoms in total. The lowest BCUT2D eigenvalue weighted by Crippen LogP contribution is -2.32. The van der Waals surface area contributed by atoms with Crippen molar-refractivity contribution >= 4 is 17.2 Å². The van der Waals surface area contributed by atoms with Gasteiger partial charge in [-0.15, -0.1) is 0 Å². The zero-order valence-electron chi connectivity index (χ0n) is 19.3. The minimum Gasteiger partial charge on any atom is -0.496 e. The van der Waals surface area contributed by atoms with E-state index in [1.807, 2.05) is 30.3 Å². The number of hydrogen-bond donors (Lipinski definition) is 1. The molecule has 1 heterocycles. The van der Waals surface area contributed by atoms with Crippen molar-refractivity contribution < 1.29 is 14.3 Å². The molecule has 0 saturated carbocycles. The molecule has 0 saturated heterocycles. The van der Waals surface area contributed by atoms with E-state index in [1.54, 1.807) is 19.2 Å². The van der Waals surface area contributed by atoms with Crippen molar-refractivity contribution in [1.29, 1.82) is 0 Å². The molecule has 4 heteroatoms. The van der Waals surface area contributed by atoms with Gasteiger partial charge in [-0.1, -0.05) is 42.0 Å². The predicted molar refractivity (Wildman–Crippen MR) is 130 cm³/mol. The van der Waals surface area contributed by atoms with Gasteiger partial charge in [-0.2, -0.15) is 0 Å². The van der Waals surface area contributed by atoms with Crippen LogP contribution in [-0.4, -0.2) is 18.6 Å². The molecule has 32 heavy (non-hydrogen) atoms. The Labute approximate surface area is 189 Å². The minimum atomic E-state index is -0.337. The Kier molecular flexibility index (Phi) is 5.79. The smallest absolute Gasteiger partial charge is 0.338 e. The van der Waals surface area contributed by atoms with E-state index in [9.17, 15) is 4.79 Å². The molecule has 164 valence electrons. The fourth-order valence-electron chi connectivity index (χ4n) is 4.43. The van der Waals surface area contributed by atoms with Gasteiger partial charge in [0.1, 0.15) is 12.4 Å². The number of rotatable bonds is 5. The van der Waals surface area contributed by atoms with Crippen LogP contribution in [0.4, 0.5) is 5.69 Å². The maximum atomic E-state index is 12.7. The van der Waals surface area contributed by atoms with Gasteiger partial charge in [0.15, 0.2) is 0 Å². The number of allylic oxidation sites excluding steroid dienone is 1. The average molecular weight is 428 g/mol. The first-order valence-corrected chi connectivity index (χ1v) is 10.8. The monoisotopic (exact) mass is 427 g/mol. The van der Waals surface area contributed by atoms with Crippen LogP contribution in [0.2, 0.25) is 0 Å². The Balaban J connectivity index is 1.84. The van der Waals surface area contributed by atoms with Gasteiger partial charge in [-0.3, -0.25) is 0 Å². The van der Waals surface area contributed by atoms with E-state index in [2.05, 4.69) is 57.3 Å². The topological polar surface area (TPSA) is 47.6 Å². The molecule has 0 unspecified atom stereocenters. The second-order valence-electron chi connectivity index (χ2n) is 8.83. The summed E-state index contributed by atoms with van der Waals surface area (Å²) in [4.78, 5) is 12.7. The number of esters is 1. The molecule has 1 aliphatic heterocycles. The summed E-state index contributed by atoms with van der Waals surface area (Å²) < 4.78 is 11.5. The summed E-state index contributed by atoms with van der Waals surface area (Å²) in [7, 11) is 1.68. The summed E-state index contributed by atoms with van der Waals surface area (Å²) in [6.07, 6.45) is 2.22. The third-order valence-electron chi connectivity index (χ3n) is 5.74. The number of aryl methyl sites for hydroxylation is 1. The third-order valence-corrected chi connectivity index (χ3v) is 5.74. The van der Waals surface area contributed by atoms with Crippen molar-refractivity contribution in [3.05, 3.63) is 89.0 Å². The normalized spacial score (nSPS) is 14.1. The Morgan fingerprint density at radius 1 is 0.969 bits per heavy atom. The standard InChI is InChI=1S/C28H29NO3/c1-18-11-14-25(31-5)22(15-18)21-12-13-24-26(19(2)16-28(3,4)29-24)23(21)17-32-27(30)20-9-7-6-8-10-20/h6-16,29H,17H2,1-5H3. The highest BCUT2D eigenvalue weighted by molar-refractivity contribution is 5.91. The van der Waals surface area contributed by atoms with E-state index in [4.69, 9.17) is 9.47 Å². The van der Waals surface area contributed by atoms with Crippen molar-refractivity contribution in [2.45, 2.75) is 39.8 Å². The van der Waals surface area contributed by atoms with Crippen LogP contribution in [0.1, 0.15) is 47.8 Å². The highest BCUT2D eigenvalue weighted by atomic mass is 16.5. The van der Waals surface area contributed by atoms with Crippen molar-refractivity contribution in [1.82, 2.24) is 0 Å². The second kappa shape index (κ2) is 8.54.